The minimum Gasteiger partial charge on any atom is -0.393 e. The number of fused-ring (bicyclic) bond motifs is 1. The Morgan fingerprint density at radius 3 is 2.90 bits per heavy atom. The molecule has 1 atom stereocenters. The minimum atomic E-state index is -0.208. The topological polar surface area (TPSA) is 58.4 Å². The highest BCUT2D eigenvalue weighted by atomic mass is 32.1. The van der Waals surface area contributed by atoms with E-state index >= 15 is 0 Å². The molecule has 1 saturated heterocycles. The number of likely N-dealkylation sites (tertiary alicyclic amines) is 1. The largest absolute Gasteiger partial charge is 0.393 e. The summed E-state index contributed by atoms with van der Waals surface area (Å²) < 4.78 is 2.45. The van der Waals surface area contributed by atoms with Crippen LogP contribution >= 0.6 is 11.3 Å². The summed E-state index contributed by atoms with van der Waals surface area (Å²) in [7, 11) is 0. The van der Waals surface area contributed by atoms with Crippen LogP contribution in [0.3, 0.4) is 0 Å². The molecule has 0 bridgehead atoms. The zero-order chi connectivity index (χ0) is 14.8. The third-order valence-corrected chi connectivity index (χ3v) is 5.30. The minimum absolute atomic E-state index is 0.0638. The summed E-state index contributed by atoms with van der Waals surface area (Å²) in [5.41, 5.74) is 0.855. The second-order valence-corrected chi connectivity index (χ2v) is 6.71. The molecule has 3 heterocycles. The van der Waals surface area contributed by atoms with Gasteiger partial charge in [0, 0.05) is 13.1 Å². The van der Waals surface area contributed by atoms with Crippen molar-refractivity contribution in [3.63, 3.8) is 0 Å². The Balaban J connectivity index is 1.60. The first-order valence-corrected chi connectivity index (χ1v) is 8.36. The van der Waals surface area contributed by atoms with E-state index in [4.69, 9.17) is 0 Å². The molecule has 1 fully saturated rings. The van der Waals surface area contributed by atoms with Gasteiger partial charge in [-0.3, -0.25) is 9.36 Å². The Morgan fingerprint density at radius 1 is 1.43 bits per heavy atom. The molecular weight excluding hydrogens is 286 g/mol. The van der Waals surface area contributed by atoms with Crippen molar-refractivity contribution >= 4 is 21.6 Å². The van der Waals surface area contributed by atoms with E-state index in [1.165, 1.54) is 11.3 Å². The summed E-state index contributed by atoms with van der Waals surface area (Å²) in [6.07, 6.45) is 3.52. The first-order chi connectivity index (χ1) is 10.1. The van der Waals surface area contributed by atoms with Crippen LogP contribution in [0.15, 0.2) is 22.6 Å². The monoisotopic (exact) mass is 307 g/mol. The van der Waals surface area contributed by atoms with E-state index < -0.39 is 0 Å². The lowest BCUT2D eigenvalue weighted by molar-refractivity contribution is 0.0707. The molecule has 2 aromatic rings. The summed E-state index contributed by atoms with van der Waals surface area (Å²) >= 11 is 1.46. The molecule has 1 N–H and O–H groups in total. The molecule has 0 saturated carbocycles. The number of hydrogen-bond acceptors (Lipinski definition) is 5. The second kappa shape index (κ2) is 6.25. The van der Waals surface area contributed by atoms with Gasteiger partial charge >= 0.3 is 0 Å². The maximum atomic E-state index is 12.3. The Bertz CT molecular complexity index is 656. The number of aliphatic hydroxyl groups is 1. The van der Waals surface area contributed by atoms with Crippen molar-refractivity contribution in [2.75, 3.05) is 19.6 Å². The van der Waals surface area contributed by atoms with Crippen molar-refractivity contribution < 1.29 is 5.11 Å². The number of piperidine rings is 1. The van der Waals surface area contributed by atoms with Crippen LogP contribution in [-0.4, -0.2) is 45.3 Å². The zero-order valence-electron chi connectivity index (χ0n) is 12.2. The Morgan fingerprint density at radius 2 is 2.19 bits per heavy atom. The molecule has 114 valence electrons. The van der Waals surface area contributed by atoms with Crippen LogP contribution < -0.4 is 5.56 Å². The molecule has 0 amide bonds. The number of nitrogens with zero attached hydrogens (tertiary/aromatic N) is 3. The maximum absolute atomic E-state index is 12.3. The normalized spacial score (nSPS) is 19.1. The fraction of sp³-hybridized carbons (Fsp3) is 0.600. The lowest BCUT2D eigenvalue weighted by Gasteiger charge is -2.33. The highest BCUT2D eigenvalue weighted by Gasteiger charge is 2.22. The van der Waals surface area contributed by atoms with Crippen LogP contribution in [0.4, 0.5) is 0 Å². The molecule has 0 spiro atoms. The van der Waals surface area contributed by atoms with Crippen molar-refractivity contribution in [2.45, 2.75) is 32.4 Å². The number of rotatable bonds is 4. The average molecular weight is 307 g/mol. The number of thiophene rings is 1. The number of hydrogen-bond donors (Lipinski definition) is 1. The standard InChI is InChI=1S/C15H21N3O2S/c1-11(19)12-2-5-17(6-3-12)7-8-18-10-16-13-4-9-21-14(13)15(18)20/h4,9-12,19H,2-3,5-8H2,1H3. The predicted octanol–water partition coefficient (Wildman–Crippen LogP) is 1.55. The van der Waals surface area contributed by atoms with Gasteiger partial charge < -0.3 is 10.0 Å². The molecule has 5 nitrogen and oxygen atoms in total. The van der Waals surface area contributed by atoms with Gasteiger partial charge in [-0.2, -0.15) is 0 Å². The smallest absolute Gasteiger partial charge is 0.271 e. The Kier molecular flexibility index (Phi) is 4.37. The molecular formula is C15H21N3O2S. The second-order valence-electron chi connectivity index (χ2n) is 5.80. The molecule has 6 heteroatoms. The molecule has 21 heavy (non-hydrogen) atoms. The van der Waals surface area contributed by atoms with E-state index in [9.17, 15) is 9.90 Å². The van der Waals surface area contributed by atoms with Gasteiger partial charge in [-0.05, 0) is 50.2 Å². The molecule has 0 aromatic carbocycles. The van der Waals surface area contributed by atoms with Gasteiger partial charge in [-0.1, -0.05) is 0 Å². The zero-order valence-corrected chi connectivity index (χ0v) is 13.1. The van der Waals surface area contributed by atoms with Crippen LogP contribution in [-0.2, 0) is 6.54 Å². The number of aliphatic hydroxyl groups excluding tert-OH is 1. The van der Waals surface area contributed by atoms with Crippen molar-refractivity contribution in [3.8, 4) is 0 Å². The van der Waals surface area contributed by atoms with Gasteiger partial charge in [0.05, 0.1) is 17.9 Å². The van der Waals surface area contributed by atoms with E-state index in [0.717, 1.165) is 42.7 Å². The van der Waals surface area contributed by atoms with Gasteiger partial charge in [0.2, 0.25) is 0 Å². The molecule has 0 radical (unpaired) electrons. The van der Waals surface area contributed by atoms with Crippen LogP contribution in [0.1, 0.15) is 19.8 Å². The third-order valence-electron chi connectivity index (χ3n) is 4.41. The first kappa shape index (κ1) is 14.7. The fourth-order valence-corrected chi connectivity index (χ4v) is 3.74. The lowest BCUT2D eigenvalue weighted by Crippen LogP contribution is -2.39. The van der Waals surface area contributed by atoms with Crippen molar-refractivity contribution in [1.82, 2.24) is 14.5 Å². The summed E-state index contributed by atoms with van der Waals surface area (Å²) in [5.74, 6) is 0.424. The van der Waals surface area contributed by atoms with Crippen LogP contribution in [0.25, 0.3) is 10.2 Å². The van der Waals surface area contributed by atoms with Crippen molar-refractivity contribution in [3.05, 3.63) is 28.1 Å². The van der Waals surface area contributed by atoms with Gasteiger partial charge in [0.1, 0.15) is 4.70 Å². The highest BCUT2D eigenvalue weighted by Crippen LogP contribution is 2.20. The van der Waals surface area contributed by atoms with Crippen LogP contribution in [0.2, 0.25) is 0 Å². The van der Waals surface area contributed by atoms with Gasteiger partial charge in [-0.15, -0.1) is 11.3 Å². The predicted molar refractivity (Wildman–Crippen MR) is 84.7 cm³/mol. The fourth-order valence-electron chi connectivity index (χ4n) is 2.95. The van der Waals surface area contributed by atoms with E-state index in [-0.39, 0.29) is 11.7 Å². The SMILES string of the molecule is CC(O)C1CCN(CCn2cnc3ccsc3c2=O)CC1. The summed E-state index contributed by atoms with van der Waals surface area (Å²) in [4.78, 5) is 19.0. The van der Waals surface area contributed by atoms with Gasteiger partial charge in [-0.25, -0.2) is 4.98 Å². The summed E-state index contributed by atoms with van der Waals surface area (Å²) in [6, 6.07) is 1.88. The van der Waals surface area contributed by atoms with E-state index in [1.54, 1.807) is 10.9 Å². The van der Waals surface area contributed by atoms with E-state index in [2.05, 4.69) is 9.88 Å². The number of aromatic nitrogens is 2. The summed E-state index contributed by atoms with van der Waals surface area (Å²) in [6.45, 7) is 5.42. The first-order valence-electron chi connectivity index (χ1n) is 7.48. The molecule has 1 aliphatic heterocycles. The van der Waals surface area contributed by atoms with Crippen LogP contribution in [0.5, 0.6) is 0 Å². The molecule has 1 aliphatic rings. The van der Waals surface area contributed by atoms with E-state index in [0.29, 0.717) is 12.5 Å². The maximum Gasteiger partial charge on any atom is 0.271 e. The molecule has 2 aromatic heterocycles. The average Bonchev–Trinajstić information content (AvgIpc) is 2.96. The van der Waals surface area contributed by atoms with Crippen molar-refractivity contribution in [1.29, 1.82) is 0 Å². The Labute approximate surface area is 127 Å². The molecule has 3 rings (SSSR count). The van der Waals surface area contributed by atoms with Gasteiger partial charge in [0.25, 0.3) is 5.56 Å². The van der Waals surface area contributed by atoms with Gasteiger partial charge in [0.15, 0.2) is 0 Å². The van der Waals surface area contributed by atoms with E-state index in [1.807, 2.05) is 18.4 Å². The third kappa shape index (κ3) is 3.17. The summed E-state index contributed by atoms with van der Waals surface area (Å²) in [5, 5.41) is 11.5. The quantitative estimate of drug-likeness (QED) is 0.931. The van der Waals surface area contributed by atoms with Crippen LogP contribution in [0, 0.1) is 5.92 Å². The lowest BCUT2D eigenvalue weighted by atomic mass is 9.92. The molecule has 1 unspecified atom stereocenters. The Hall–Kier alpha value is -1.24. The highest BCUT2D eigenvalue weighted by molar-refractivity contribution is 7.17. The van der Waals surface area contributed by atoms with Crippen molar-refractivity contribution in [2.24, 2.45) is 5.92 Å². The molecule has 0 aliphatic carbocycles.